The number of nitrogens with one attached hydrogen (secondary N) is 2. The normalized spacial score (nSPS) is 25.9. The van der Waals surface area contributed by atoms with Crippen molar-refractivity contribution < 1.29 is 9.59 Å². The zero-order valence-corrected chi connectivity index (χ0v) is 20.7. The molecule has 184 valence electrons. The van der Waals surface area contributed by atoms with E-state index in [-0.39, 0.29) is 17.9 Å². The van der Waals surface area contributed by atoms with Gasteiger partial charge in [-0.05, 0) is 51.4 Å². The zero-order valence-electron chi connectivity index (χ0n) is 20.7. The van der Waals surface area contributed by atoms with Gasteiger partial charge in [0.15, 0.2) is 0 Å². The van der Waals surface area contributed by atoms with Gasteiger partial charge in [0.05, 0.1) is 40.6 Å². The Labute approximate surface area is 211 Å². The molecule has 8 nitrogen and oxygen atoms in total. The number of hydrogen-bond acceptors (Lipinski definition) is 5. The highest BCUT2D eigenvalue weighted by Gasteiger charge is 2.47. The topological polar surface area (TPSA) is 91.6 Å². The summed E-state index contributed by atoms with van der Waals surface area (Å²) in [7, 11) is 1.84. The number of rotatable bonds is 4. The van der Waals surface area contributed by atoms with Gasteiger partial charge in [0, 0.05) is 13.2 Å². The van der Waals surface area contributed by atoms with Crippen molar-refractivity contribution in [2.24, 2.45) is 23.4 Å². The van der Waals surface area contributed by atoms with Crippen LogP contribution in [-0.4, -0.2) is 46.1 Å². The van der Waals surface area contributed by atoms with E-state index in [0.29, 0.717) is 17.2 Å². The summed E-state index contributed by atoms with van der Waals surface area (Å²) in [5.41, 5.74) is 1.37. The molecule has 1 saturated heterocycles. The van der Waals surface area contributed by atoms with Gasteiger partial charge in [0.1, 0.15) is 11.8 Å². The Hall–Kier alpha value is -3.96. The van der Waals surface area contributed by atoms with Crippen LogP contribution in [0.25, 0.3) is 0 Å². The maximum atomic E-state index is 14.2. The van der Waals surface area contributed by atoms with Crippen molar-refractivity contribution in [2.45, 2.75) is 38.8 Å². The molecular formula is C28H30N6O2. The smallest absolute Gasteiger partial charge is 0.243 e. The van der Waals surface area contributed by atoms with E-state index in [1.54, 1.807) is 15.8 Å². The highest BCUT2D eigenvalue weighted by atomic mass is 16.2. The van der Waals surface area contributed by atoms with Crippen LogP contribution in [0.4, 0.5) is 5.69 Å². The number of anilines is 1. The van der Waals surface area contributed by atoms with E-state index in [1.807, 2.05) is 75.7 Å². The Kier molecular flexibility index (Phi) is 6.33. The first kappa shape index (κ1) is 23.8. The number of aromatic nitrogens is 2. The lowest BCUT2D eigenvalue weighted by Gasteiger charge is -2.41. The fraction of sp³-hybridized carbons (Fsp3) is 0.357. The van der Waals surface area contributed by atoms with Crippen molar-refractivity contribution >= 4 is 23.3 Å². The van der Waals surface area contributed by atoms with E-state index >= 15 is 0 Å². The second-order valence-corrected chi connectivity index (χ2v) is 9.68. The molecule has 1 fully saturated rings. The van der Waals surface area contributed by atoms with Crippen molar-refractivity contribution in [3.63, 3.8) is 0 Å². The van der Waals surface area contributed by atoms with Gasteiger partial charge in [-0.3, -0.25) is 19.2 Å². The first-order valence-electron chi connectivity index (χ1n) is 12.3. The van der Waals surface area contributed by atoms with Crippen molar-refractivity contribution in [2.75, 3.05) is 11.4 Å². The summed E-state index contributed by atoms with van der Waals surface area (Å²) in [5.74, 6) is 6.21. The first-order valence-corrected chi connectivity index (χ1v) is 12.3. The Morgan fingerprint density at radius 2 is 2.11 bits per heavy atom. The predicted molar refractivity (Wildman–Crippen MR) is 139 cm³/mol. The molecule has 0 radical (unpaired) electrons. The van der Waals surface area contributed by atoms with Gasteiger partial charge in [0.25, 0.3) is 0 Å². The fourth-order valence-corrected chi connectivity index (χ4v) is 4.98. The van der Waals surface area contributed by atoms with E-state index in [0.717, 1.165) is 24.9 Å². The lowest BCUT2D eigenvalue weighted by atomic mass is 9.71. The molecule has 0 bridgehead atoms. The number of para-hydroxylation sites is 1. The second kappa shape index (κ2) is 9.59. The molecule has 36 heavy (non-hydrogen) atoms. The lowest BCUT2D eigenvalue weighted by Crippen LogP contribution is -2.57. The molecule has 5 rings (SSSR count). The molecule has 0 spiro atoms. The second-order valence-electron chi connectivity index (χ2n) is 9.68. The summed E-state index contributed by atoms with van der Waals surface area (Å²) in [6, 6.07) is 8.76. The third-order valence-corrected chi connectivity index (χ3v) is 6.86. The van der Waals surface area contributed by atoms with E-state index in [1.165, 1.54) is 0 Å². The van der Waals surface area contributed by atoms with Crippen LogP contribution in [-0.2, 0) is 16.6 Å². The lowest BCUT2D eigenvalue weighted by molar-refractivity contribution is -0.124. The maximum absolute atomic E-state index is 14.2. The molecule has 1 aliphatic carbocycles. The van der Waals surface area contributed by atoms with Crippen LogP contribution >= 0.6 is 0 Å². The largest absolute Gasteiger partial charge is 0.345 e. The number of hydrogen-bond donors (Lipinski definition) is 2. The fourth-order valence-electron chi connectivity index (χ4n) is 4.98. The molecule has 2 aromatic rings. The van der Waals surface area contributed by atoms with Crippen LogP contribution in [0.5, 0.6) is 0 Å². The first-order chi connectivity index (χ1) is 17.4. The standard InChI is InChI=1S/C28H30N6O2/c1-19(31-26(35)23-12-8-16-29-23)25-32-22-11-7-14-28(2,15-13-20-17-30-33(3)18-20)24(22)27(36)34(25)21-9-5-4-6-10-21/h4-7,9-11,14,17-19,23-24,29H,8,12,16H2,1-3H3,(H,31,35). The third kappa shape index (κ3) is 4.50. The number of amides is 2. The molecule has 0 saturated carbocycles. The average Bonchev–Trinajstić information content (AvgIpc) is 3.55. The minimum atomic E-state index is -0.765. The number of aliphatic imine (C=N–C) groups is 1. The summed E-state index contributed by atoms with van der Waals surface area (Å²) >= 11 is 0. The van der Waals surface area contributed by atoms with Gasteiger partial charge < -0.3 is 10.6 Å². The summed E-state index contributed by atoms with van der Waals surface area (Å²) in [5, 5.41) is 10.5. The summed E-state index contributed by atoms with van der Waals surface area (Å²) in [6.45, 7) is 4.67. The molecule has 4 unspecified atom stereocenters. The van der Waals surface area contributed by atoms with E-state index in [9.17, 15) is 9.59 Å². The minimum absolute atomic E-state index is 0.0741. The highest BCUT2D eigenvalue weighted by Crippen LogP contribution is 2.42. The molecule has 2 aliphatic heterocycles. The van der Waals surface area contributed by atoms with Crippen LogP contribution in [0.2, 0.25) is 0 Å². The summed E-state index contributed by atoms with van der Waals surface area (Å²) in [6.07, 6.45) is 11.1. The van der Waals surface area contributed by atoms with E-state index in [4.69, 9.17) is 4.99 Å². The number of allylic oxidation sites excluding steroid dienone is 3. The highest BCUT2D eigenvalue weighted by molar-refractivity contribution is 6.22. The number of amidine groups is 1. The summed E-state index contributed by atoms with van der Waals surface area (Å²) < 4.78 is 1.70. The molecule has 3 aliphatic rings. The molecule has 1 aromatic heterocycles. The molecule has 3 heterocycles. The van der Waals surface area contributed by atoms with E-state index < -0.39 is 17.4 Å². The molecule has 1 aromatic carbocycles. The average molecular weight is 483 g/mol. The number of nitrogens with zero attached hydrogens (tertiary/aromatic N) is 4. The number of benzene rings is 1. The van der Waals surface area contributed by atoms with Gasteiger partial charge >= 0.3 is 0 Å². The molecule has 2 amide bonds. The molecular weight excluding hydrogens is 452 g/mol. The van der Waals surface area contributed by atoms with E-state index in [2.05, 4.69) is 27.6 Å². The van der Waals surface area contributed by atoms with Gasteiger partial charge in [-0.2, -0.15) is 5.10 Å². The number of carbonyl (C=O) groups is 2. The van der Waals surface area contributed by atoms with Gasteiger partial charge in [0.2, 0.25) is 11.8 Å². The number of fused-ring (bicyclic) bond motifs is 1. The Morgan fingerprint density at radius 1 is 1.31 bits per heavy atom. The van der Waals surface area contributed by atoms with Gasteiger partial charge in [-0.1, -0.05) is 42.2 Å². The summed E-state index contributed by atoms with van der Waals surface area (Å²) in [4.78, 5) is 33.7. The Bertz CT molecular complexity index is 1320. The Balaban J connectivity index is 1.52. The molecule has 8 heteroatoms. The van der Waals surface area contributed by atoms with Crippen LogP contribution < -0.4 is 15.5 Å². The predicted octanol–water partition coefficient (Wildman–Crippen LogP) is 2.55. The maximum Gasteiger partial charge on any atom is 0.243 e. The van der Waals surface area contributed by atoms with Crippen molar-refractivity contribution in [1.29, 1.82) is 0 Å². The SMILES string of the molecule is CC(NC(=O)C1CCCN1)C1=NC2=CC=CC(C)(C#Cc3cnn(C)c3)C2C(=O)N1c1ccccc1. The molecule has 2 N–H and O–H groups in total. The number of aryl methyl sites for hydroxylation is 1. The Morgan fingerprint density at radius 3 is 2.81 bits per heavy atom. The van der Waals surface area contributed by atoms with Crippen LogP contribution in [0.1, 0.15) is 32.3 Å². The zero-order chi connectivity index (χ0) is 25.3. The van der Waals surface area contributed by atoms with Gasteiger partial charge in [-0.15, -0.1) is 0 Å². The van der Waals surface area contributed by atoms with Gasteiger partial charge in [-0.25, -0.2) is 4.99 Å². The molecule has 4 atom stereocenters. The van der Waals surface area contributed by atoms with Crippen molar-refractivity contribution in [1.82, 2.24) is 20.4 Å². The minimum Gasteiger partial charge on any atom is -0.345 e. The van der Waals surface area contributed by atoms with Crippen LogP contribution in [0, 0.1) is 23.2 Å². The van der Waals surface area contributed by atoms with Crippen LogP contribution in [0.3, 0.4) is 0 Å². The van der Waals surface area contributed by atoms with Crippen LogP contribution in [0.15, 0.2) is 71.6 Å². The van der Waals surface area contributed by atoms with Crippen molar-refractivity contribution in [3.8, 4) is 11.8 Å². The quantitative estimate of drug-likeness (QED) is 0.656. The third-order valence-electron chi connectivity index (χ3n) is 6.86. The van der Waals surface area contributed by atoms with Crippen molar-refractivity contribution in [3.05, 3.63) is 72.2 Å². The monoisotopic (exact) mass is 482 g/mol. The number of carbonyl (C=O) groups excluding carboxylic acids is 2.